The summed E-state index contributed by atoms with van der Waals surface area (Å²) in [6.45, 7) is 0. The summed E-state index contributed by atoms with van der Waals surface area (Å²) in [5.41, 5.74) is 1.93. The topological polar surface area (TPSA) is 59.1 Å². The molecule has 1 unspecified atom stereocenters. The van der Waals surface area contributed by atoms with Crippen LogP contribution >= 0.6 is 0 Å². The number of carbonyl (C=O) groups excluding carboxylic acids is 2. The number of amides is 2. The standard InChI is InChI=1S/C14H12N2O2/c17-13-7-11(14(18)16-13)6-9-5-10-3-1-2-4-12(10)15-8-9/h1-5,8,11H,6-7H2,(H,16,17,18). The van der Waals surface area contributed by atoms with E-state index in [4.69, 9.17) is 0 Å². The molecule has 1 aliphatic heterocycles. The van der Waals surface area contributed by atoms with Gasteiger partial charge in [-0.25, -0.2) is 0 Å². The third kappa shape index (κ3) is 1.97. The number of carbonyl (C=O) groups is 2. The first-order valence-electron chi connectivity index (χ1n) is 5.90. The van der Waals surface area contributed by atoms with E-state index >= 15 is 0 Å². The SMILES string of the molecule is O=C1CC(Cc2cnc3ccccc3c2)C(=O)N1. The van der Waals surface area contributed by atoms with Crippen LogP contribution in [-0.2, 0) is 16.0 Å². The van der Waals surface area contributed by atoms with Gasteiger partial charge in [-0.2, -0.15) is 0 Å². The van der Waals surface area contributed by atoms with Crippen LogP contribution in [0.15, 0.2) is 36.5 Å². The fourth-order valence-corrected chi connectivity index (χ4v) is 2.28. The van der Waals surface area contributed by atoms with Crippen molar-refractivity contribution >= 4 is 22.7 Å². The third-order valence-electron chi connectivity index (χ3n) is 3.19. The molecule has 18 heavy (non-hydrogen) atoms. The summed E-state index contributed by atoms with van der Waals surface area (Å²) < 4.78 is 0. The van der Waals surface area contributed by atoms with Gasteiger partial charge in [0.2, 0.25) is 11.8 Å². The van der Waals surface area contributed by atoms with Crippen molar-refractivity contribution in [1.82, 2.24) is 10.3 Å². The van der Waals surface area contributed by atoms with Crippen molar-refractivity contribution in [1.29, 1.82) is 0 Å². The van der Waals surface area contributed by atoms with Gasteiger partial charge >= 0.3 is 0 Å². The molecular weight excluding hydrogens is 228 g/mol. The highest BCUT2D eigenvalue weighted by atomic mass is 16.2. The van der Waals surface area contributed by atoms with Crippen LogP contribution in [0.4, 0.5) is 0 Å². The van der Waals surface area contributed by atoms with E-state index in [9.17, 15) is 9.59 Å². The largest absolute Gasteiger partial charge is 0.296 e. The van der Waals surface area contributed by atoms with Crippen LogP contribution in [0.2, 0.25) is 0 Å². The van der Waals surface area contributed by atoms with Gasteiger partial charge in [-0.15, -0.1) is 0 Å². The molecule has 2 amide bonds. The Bertz CT molecular complexity index is 636. The van der Waals surface area contributed by atoms with Crippen molar-refractivity contribution < 1.29 is 9.59 Å². The minimum absolute atomic E-state index is 0.173. The molecule has 1 aromatic heterocycles. The van der Waals surface area contributed by atoms with E-state index in [0.717, 1.165) is 16.5 Å². The Hall–Kier alpha value is -2.23. The molecule has 0 radical (unpaired) electrons. The number of nitrogens with zero attached hydrogens (tertiary/aromatic N) is 1. The predicted molar refractivity (Wildman–Crippen MR) is 66.7 cm³/mol. The summed E-state index contributed by atoms with van der Waals surface area (Å²) in [5.74, 6) is -0.604. The van der Waals surface area contributed by atoms with Gasteiger partial charge in [-0.3, -0.25) is 19.9 Å². The molecule has 1 aromatic carbocycles. The molecule has 1 atom stereocenters. The lowest BCUT2D eigenvalue weighted by Gasteiger charge is -2.06. The zero-order valence-electron chi connectivity index (χ0n) is 9.72. The summed E-state index contributed by atoms with van der Waals surface area (Å²) in [6, 6.07) is 9.87. The van der Waals surface area contributed by atoms with Gasteiger partial charge in [0.25, 0.3) is 0 Å². The normalized spacial score (nSPS) is 19.2. The van der Waals surface area contributed by atoms with E-state index in [2.05, 4.69) is 10.3 Å². The monoisotopic (exact) mass is 240 g/mol. The van der Waals surface area contributed by atoms with Crippen molar-refractivity contribution in [2.24, 2.45) is 5.92 Å². The Morgan fingerprint density at radius 3 is 2.89 bits per heavy atom. The number of hydrogen-bond donors (Lipinski definition) is 1. The second kappa shape index (κ2) is 4.22. The Morgan fingerprint density at radius 1 is 1.28 bits per heavy atom. The molecule has 1 N–H and O–H groups in total. The third-order valence-corrected chi connectivity index (χ3v) is 3.19. The number of imide groups is 1. The van der Waals surface area contributed by atoms with Crippen molar-refractivity contribution in [2.45, 2.75) is 12.8 Å². The highest BCUT2D eigenvalue weighted by Crippen LogP contribution is 2.19. The van der Waals surface area contributed by atoms with Gasteiger partial charge in [0.15, 0.2) is 0 Å². The number of benzene rings is 1. The smallest absolute Gasteiger partial charge is 0.230 e. The number of hydrogen-bond acceptors (Lipinski definition) is 3. The highest BCUT2D eigenvalue weighted by Gasteiger charge is 2.30. The number of para-hydroxylation sites is 1. The Morgan fingerprint density at radius 2 is 2.11 bits per heavy atom. The molecular formula is C14H12N2O2. The molecule has 4 heteroatoms. The van der Waals surface area contributed by atoms with Gasteiger partial charge in [0.05, 0.1) is 11.4 Å². The molecule has 2 heterocycles. The van der Waals surface area contributed by atoms with Crippen molar-refractivity contribution in [3.05, 3.63) is 42.1 Å². The maximum absolute atomic E-state index is 11.5. The van der Waals surface area contributed by atoms with Crippen molar-refractivity contribution in [2.75, 3.05) is 0 Å². The molecule has 0 aliphatic carbocycles. The Labute approximate surface area is 104 Å². The second-order valence-corrected chi connectivity index (χ2v) is 4.55. The zero-order valence-corrected chi connectivity index (χ0v) is 9.72. The summed E-state index contributed by atoms with van der Waals surface area (Å²) in [5, 5.41) is 3.38. The molecule has 0 spiro atoms. The second-order valence-electron chi connectivity index (χ2n) is 4.55. The fraction of sp³-hybridized carbons (Fsp3) is 0.214. The van der Waals surface area contributed by atoms with E-state index in [-0.39, 0.29) is 24.2 Å². The Kier molecular flexibility index (Phi) is 2.55. The highest BCUT2D eigenvalue weighted by molar-refractivity contribution is 6.03. The molecule has 2 aromatic rings. The molecule has 0 bridgehead atoms. The maximum atomic E-state index is 11.5. The first-order valence-corrected chi connectivity index (χ1v) is 5.90. The molecule has 3 rings (SSSR count). The van der Waals surface area contributed by atoms with E-state index in [1.807, 2.05) is 30.3 Å². The summed E-state index contributed by atoms with van der Waals surface area (Å²) >= 11 is 0. The number of nitrogens with one attached hydrogen (secondary N) is 1. The lowest BCUT2D eigenvalue weighted by Crippen LogP contribution is -2.22. The van der Waals surface area contributed by atoms with Crippen LogP contribution in [0.25, 0.3) is 10.9 Å². The Balaban J connectivity index is 1.87. The van der Waals surface area contributed by atoms with Gasteiger partial charge in [-0.1, -0.05) is 18.2 Å². The molecule has 1 aliphatic rings. The molecule has 4 nitrogen and oxygen atoms in total. The van der Waals surface area contributed by atoms with E-state index in [1.54, 1.807) is 6.20 Å². The minimum atomic E-state index is -0.250. The fourth-order valence-electron chi connectivity index (χ4n) is 2.28. The summed E-state index contributed by atoms with van der Waals surface area (Å²) in [6.07, 6.45) is 2.62. The zero-order chi connectivity index (χ0) is 12.5. The first kappa shape index (κ1) is 10.9. The van der Waals surface area contributed by atoms with E-state index < -0.39 is 0 Å². The number of aromatic nitrogens is 1. The lowest BCUT2D eigenvalue weighted by molar-refractivity contribution is -0.125. The molecule has 90 valence electrons. The number of rotatable bonds is 2. The van der Waals surface area contributed by atoms with Gasteiger partial charge in [-0.05, 0) is 24.1 Å². The number of pyridine rings is 1. The van der Waals surface area contributed by atoms with Crippen LogP contribution in [-0.4, -0.2) is 16.8 Å². The van der Waals surface area contributed by atoms with Gasteiger partial charge < -0.3 is 0 Å². The van der Waals surface area contributed by atoms with Crippen LogP contribution in [0.5, 0.6) is 0 Å². The van der Waals surface area contributed by atoms with Crippen LogP contribution in [0.1, 0.15) is 12.0 Å². The number of fused-ring (bicyclic) bond motifs is 1. The first-order chi connectivity index (χ1) is 8.72. The maximum Gasteiger partial charge on any atom is 0.230 e. The quantitative estimate of drug-likeness (QED) is 0.808. The molecule has 0 saturated carbocycles. The van der Waals surface area contributed by atoms with Gasteiger partial charge in [0, 0.05) is 18.0 Å². The van der Waals surface area contributed by atoms with Crippen molar-refractivity contribution in [3.63, 3.8) is 0 Å². The summed E-state index contributed by atoms with van der Waals surface area (Å²) in [7, 11) is 0. The van der Waals surface area contributed by atoms with Crippen LogP contribution in [0.3, 0.4) is 0 Å². The van der Waals surface area contributed by atoms with Gasteiger partial charge in [0.1, 0.15) is 0 Å². The lowest BCUT2D eigenvalue weighted by atomic mass is 9.98. The van der Waals surface area contributed by atoms with Crippen molar-refractivity contribution in [3.8, 4) is 0 Å². The average Bonchev–Trinajstić information content (AvgIpc) is 2.68. The minimum Gasteiger partial charge on any atom is -0.296 e. The van der Waals surface area contributed by atoms with Crippen LogP contribution in [0, 0.1) is 5.92 Å². The molecule has 1 fully saturated rings. The summed E-state index contributed by atoms with van der Waals surface area (Å²) in [4.78, 5) is 27.0. The average molecular weight is 240 g/mol. The van der Waals surface area contributed by atoms with Crippen LogP contribution < -0.4 is 5.32 Å². The van der Waals surface area contributed by atoms with E-state index in [0.29, 0.717) is 6.42 Å². The molecule has 1 saturated heterocycles. The predicted octanol–water partition coefficient (Wildman–Crippen LogP) is 1.44. The van der Waals surface area contributed by atoms with E-state index in [1.165, 1.54) is 0 Å².